The van der Waals surface area contributed by atoms with Crippen LogP contribution in [0.15, 0.2) is 24.3 Å². The van der Waals surface area contributed by atoms with Crippen LogP contribution in [0.3, 0.4) is 0 Å². The van der Waals surface area contributed by atoms with E-state index in [2.05, 4.69) is 5.32 Å². The van der Waals surface area contributed by atoms with Crippen molar-refractivity contribution in [2.24, 2.45) is 5.92 Å². The highest BCUT2D eigenvalue weighted by molar-refractivity contribution is 6.30. The number of rotatable bonds is 5. The van der Waals surface area contributed by atoms with Crippen LogP contribution >= 0.6 is 11.6 Å². The molecule has 0 saturated carbocycles. The minimum atomic E-state index is -0.656. The second kappa shape index (κ2) is 6.59. The molecule has 0 bridgehead atoms. The standard InChI is InChI=1S/C16H24ClNO2/c1-10(2)14(12-6-8-13(17)9-7-12)15(20)18-16(4,5)11(3)19/h6-11,14,19H,1-5H3,(H,18,20). The lowest BCUT2D eigenvalue weighted by atomic mass is 9.86. The molecule has 0 fully saturated rings. The van der Waals surface area contributed by atoms with Gasteiger partial charge >= 0.3 is 0 Å². The first-order valence-corrected chi connectivity index (χ1v) is 7.28. The maximum absolute atomic E-state index is 12.5. The number of aliphatic hydroxyl groups is 1. The number of aliphatic hydroxyl groups excluding tert-OH is 1. The molecule has 2 atom stereocenters. The molecule has 4 heteroatoms. The Morgan fingerprint density at radius 2 is 1.70 bits per heavy atom. The first-order valence-electron chi connectivity index (χ1n) is 6.90. The summed E-state index contributed by atoms with van der Waals surface area (Å²) >= 11 is 5.89. The summed E-state index contributed by atoms with van der Waals surface area (Å²) < 4.78 is 0. The van der Waals surface area contributed by atoms with Gasteiger partial charge < -0.3 is 10.4 Å². The smallest absolute Gasteiger partial charge is 0.228 e. The van der Waals surface area contributed by atoms with Crippen LogP contribution in [-0.4, -0.2) is 22.7 Å². The summed E-state index contributed by atoms with van der Waals surface area (Å²) in [6.45, 7) is 9.32. The molecule has 2 unspecified atom stereocenters. The maximum atomic E-state index is 12.5. The third-order valence-electron chi connectivity index (χ3n) is 3.67. The van der Waals surface area contributed by atoms with E-state index in [9.17, 15) is 9.90 Å². The van der Waals surface area contributed by atoms with Gasteiger partial charge in [0, 0.05) is 5.02 Å². The highest BCUT2D eigenvalue weighted by atomic mass is 35.5. The number of hydrogen-bond acceptors (Lipinski definition) is 2. The Balaban J connectivity index is 2.97. The Labute approximate surface area is 126 Å². The van der Waals surface area contributed by atoms with Gasteiger partial charge in [-0.25, -0.2) is 0 Å². The normalized spacial score (nSPS) is 15.0. The SMILES string of the molecule is CC(C)C(C(=O)NC(C)(C)C(C)O)c1ccc(Cl)cc1. The highest BCUT2D eigenvalue weighted by Crippen LogP contribution is 2.27. The van der Waals surface area contributed by atoms with Crippen LogP contribution in [0.1, 0.15) is 46.1 Å². The molecule has 0 aliphatic rings. The van der Waals surface area contributed by atoms with Crippen LogP contribution in [0, 0.1) is 5.92 Å². The predicted molar refractivity (Wildman–Crippen MR) is 82.9 cm³/mol. The molecule has 0 radical (unpaired) electrons. The van der Waals surface area contributed by atoms with Gasteiger partial charge in [-0.05, 0) is 44.4 Å². The number of carbonyl (C=O) groups excluding carboxylic acids is 1. The van der Waals surface area contributed by atoms with Crippen molar-refractivity contribution < 1.29 is 9.90 Å². The molecule has 1 aromatic rings. The highest BCUT2D eigenvalue weighted by Gasteiger charge is 2.31. The molecule has 2 N–H and O–H groups in total. The maximum Gasteiger partial charge on any atom is 0.228 e. The Morgan fingerprint density at radius 1 is 1.20 bits per heavy atom. The molecule has 112 valence electrons. The van der Waals surface area contributed by atoms with Crippen molar-refractivity contribution in [2.75, 3.05) is 0 Å². The zero-order valence-electron chi connectivity index (χ0n) is 12.8. The van der Waals surface area contributed by atoms with E-state index in [1.54, 1.807) is 19.1 Å². The van der Waals surface area contributed by atoms with E-state index in [-0.39, 0.29) is 17.7 Å². The van der Waals surface area contributed by atoms with Crippen molar-refractivity contribution in [3.8, 4) is 0 Å². The van der Waals surface area contributed by atoms with E-state index in [1.165, 1.54) is 0 Å². The number of carbonyl (C=O) groups is 1. The summed E-state index contributed by atoms with van der Waals surface area (Å²) in [6, 6.07) is 7.34. The summed E-state index contributed by atoms with van der Waals surface area (Å²) in [6.07, 6.45) is -0.621. The van der Waals surface area contributed by atoms with Crippen molar-refractivity contribution >= 4 is 17.5 Å². The van der Waals surface area contributed by atoms with E-state index in [0.717, 1.165) is 5.56 Å². The summed E-state index contributed by atoms with van der Waals surface area (Å²) in [4.78, 5) is 12.5. The van der Waals surface area contributed by atoms with Gasteiger partial charge in [-0.2, -0.15) is 0 Å². The van der Waals surface area contributed by atoms with E-state index >= 15 is 0 Å². The molecule has 0 aromatic heterocycles. The topological polar surface area (TPSA) is 49.3 Å². The zero-order chi connectivity index (χ0) is 15.5. The fraction of sp³-hybridized carbons (Fsp3) is 0.562. The second-order valence-electron chi connectivity index (χ2n) is 6.16. The van der Waals surface area contributed by atoms with Crippen LogP contribution in [0.25, 0.3) is 0 Å². The van der Waals surface area contributed by atoms with Gasteiger partial charge in [-0.3, -0.25) is 4.79 Å². The molecule has 3 nitrogen and oxygen atoms in total. The molecular formula is C16H24ClNO2. The van der Waals surface area contributed by atoms with E-state index in [1.807, 2.05) is 39.8 Å². The quantitative estimate of drug-likeness (QED) is 0.875. The van der Waals surface area contributed by atoms with E-state index in [0.29, 0.717) is 5.02 Å². The molecule has 20 heavy (non-hydrogen) atoms. The number of amides is 1. The average molecular weight is 298 g/mol. The fourth-order valence-electron chi connectivity index (χ4n) is 2.01. The Kier molecular flexibility index (Phi) is 5.60. The lowest BCUT2D eigenvalue weighted by Gasteiger charge is -2.32. The van der Waals surface area contributed by atoms with Crippen molar-refractivity contribution in [2.45, 2.75) is 52.2 Å². The monoisotopic (exact) mass is 297 g/mol. The van der Waals surface area contributed by atoms with Crippen molar-refractivity contribution in [1.29, 1.82) is 0 Å². The summed E-state index contributed by atoms with van der Waals surface area (Å²) in [7, 11) is 0. The molecule has 0 spiro atoms. The molecule has 0 saturated heterocycles. The first kappa shape index (κ1) is 17.0. The summed E-state index contributed by atoms with van der Waals surface area (Å²) in [5.74, 6) is -0.181. The zero-order valence-corrected chi connectivity index (χ0v) is 13.5. The van der Waals surface area contributed by atoms with Gasteiger partial charge in [0.05, 0.1) is 17.6 Å². The molecule has 1 amide bonds. The van der Waals surface area contributed by atoms with Gasteiger partial charge in [-0.15, -0.1) is 0 Å². The number of nitrogens with one attached hydrogen (secondary N) is 1. The lowest BCUT2D eigenvalue weighted by Crippen LogP contribution is -2.52. The number of benzene rings is 1. The molecule has 0 aliphatic heterocycles. The second-order valence-corrected chi connectivity index (χ2v) is 6.60. The van der Waals surface area contributed by atoms with Crippen LogP contribution in [-0.2, 0) is 4.79 Å². The van der Waals surface area contributed by atoms with Crippen molar-refractivity contribution in [3.05, 3.63) is 34.9 Å². The van der Waals surface area contributed by atoms with Gasteiger partial charge in [0.25, 0.3) is 0 Å². The van der Waals surface area contributed by atoms with Crippen LogP contribution < -0.4 is 5.32 Å². The van der Waals surface area contributed by atoms with Crippen molar-refractivity contribution in [3.63, 3.8) is 0 Å². The lowest BCUT2D eigenvalue weighted by molar-refractivity contribution is -0.126. The van der Waals surface area contributed by atoms with Gasteiger partial charge in [0.2, 0.25) is 5.91 Å². The third kappa shape index (κ3) is 4.22. The number of hydrogen-bond donors (Lipinski definition) is 2. The predicted octanol–water partition coefficient (Wildman–Crippen LogP) is 3.36. The molecule has 0 aliphatic carbocycles. The number of halogens is 1. The Morgan fingerprint density at radius 3 is 2.10 bits per heavy atom. The average Bonchev–Trinajstić information content (AvgIpc) is 2.30. The molecule has 1 aromatic carbocycles. The van der Waals surface area contributed by atoms with Crippen LogP contribution in [0.2, 0.25) is 5.02 Å². The molecular weight excluding hydrogens is 274 g/mol. The molecule has 0 heterocycles. The van der Waals surface area contributed by atoms with Gasteiger partial charge in [0.1, 0.15) is 0 Å². The minimum absolute atomic E-state index is 0.0757. The van der Waals surface area contributed by atoms with Gasteiger partial charge in [0.15, 0.2) is 0 Å². The fourth-order valence-corrected chi connectivity index (χ4v) is 2.13. The van der Waals surface area contributed by atoms with Gasteiger partial charge in [-0.1, -0.05) is 37.6 Å². The first-order chi connectivity index (χ1) is 9.15. The largest absolute Gasteiger partial charge is 0.391 e. The molecule has 1 rings (SSSR count). The van der Waals surface area contributed by atoms with E-state index < -0.39 is 11.6 Å². The summed E-state index contributed by atoms with van der Waals surface area (Å²) in [5, 5.41) is 13.3. The van der Waals surface area contributed by atoms with E-state index in [4.69, 9.17) is 11.6 Å². The van der Waals surface area contributed by atoms with Crippen LogP contribution in [0.5, 0.6) is 0 Å². The summed E-state index contributed by atoms with van der Waals surface area (Å²) in [5.41, 5.74) is 0.278. The van der Waals surface area contributed by atoms with Crippen molar-refractivity contribution in [1.82, 2.24) is 5.32 Å². The Hall–Kier alpha value is -1.06. The third-order valence-corrected chi connectivity index (χ3v) is 3.92. The minimum Gasteiger partial charge on any atom is -0.391 e. The Bertz CT molecular complexity index is 452. The van der Waals surface area contributed by atoms with Crippen LogP contribution in [0.4, 0.5) is 0 Å².